The molecule has 82 valence electrons. The molecule has 16 heavy (non-hydrogen) atoms. The number of aromatic nitrogens is 2. The molecule has 1 unspecified atom stereocenters. The number of aryl methyl sites for hydroxylation is 2. The lowest BCUT2D eigenvalue weighted by molar-refractivity contribution is 0.843. The lowest BCUT2D eigenvalue weighted by Crippen LogP contribution is -2.13. The number of pyridine rings is 2. The SMILES string of the molecule is Cc1ccc(C(N)c2cnccc2C)cn1. The Labute approximate surface area is 95.4 Å². The minimum atomic E-state index is -0.151. The van der Waals surface area contributed by atoms with E-state index in [1.54, 1.807) is 6.20 Å². The van der Waals surface area contributed by atoms with E-state index in [1.807, 2.05) is 44.4 Å². The second-order valence-corrected chi connectivity index (χ2v) is 3.94. The average molecular weight is 213 g/mol. The maximum Gasteiger partial charge on any atom is 0.0584 e. The molecular weight excluding hydrogens is 198 g/mol. The Kier molecular flexibility index (Phi) is 2.97. The number of hydrogen-bond donors (Lipinski definition) is 1. The Bertz CT molecular complexity index is 477. The van der Waals surface area contributed by atoms with Crippen molar-refractivity contribution in [1.29, 1.82) is 0 Å². The van der Waals surface area contributed by atoms with Crippen molar-refractivity contribution in [1.82, 2.24) is 9.97 Å². The summed E-state index contributed by atoms with van der Waals surface area (Å²) < 4.78 is 0. The molecule has 0 bridgehead atoms. The van der Waals surface area contributed by atoms with Crippen molar-refractivity contribution in [3.63, 3.8) is 0 Å². The van der Waals surface area contributed by atoms with Gasteiger partial charge in [-0.05, 0) is 42.7 Å². The first-order chi connectivity index (χ1) is 7.68. The molecule has 0 radical (unpaired) electrons. The molecule has 0 spiro atoms. The van der Waals surface area contributed by atoms with Crippen LogP contribution in [0, 0.1) is 13.8 Å². The van der Waals surface area contributed by atoms with Gasteiger partial charge in [-0.1, -0.05) is 6.07 Å². The van der Waals surface area contributed by atoms with Crippen LogP contribution in [0.3, 0.4) is 0 Å². The Balaban J connectivity index is 2.35. The highest BCUT2D eigenvalue weighted by Crippen LogP contribution is 2.20. The summed E-state index contributed by atoms with van der Waals surface area (Å²) >= 11 is 0. The Morgan fingerprint density at radius 1 is 1.12 bits per heavy atom. The van der Waals surface area contributed by atoms with Crippen molar-refractivity contribution >= 4 is 0 Å². The lowest BCUT2D eigenvalue weighted by atomic mass is 9.99. The topological polar surface area (TPSA) is 51.8 Å². The third-order valence-corrected chi connectivity index (χ3v) is 2.71. The van der Waals surface area contributed by atoms with Crippen LogP contribution in [0.15, 0.2) is 36.8 Å². The molecule has 0 aromatic carbocycles. The third-order valence-electron chi connectivity index (χ3n) is 2.71. The summed E-state index contributed by atoms with van der Waals surface area (Å²) in [4.78, 5) is 8.36. The van der Waals surface area contributed by atoms with Gasteiger partial charge in [0.05, 0.1) is 6.04 Å². The van der Waals surface area contributed by atoms with Crippen LogP contribution in [0.25, 0.3) is 0 Å². The van der Waals surface area contributed by atoms with Crippen molar-refractivity contribution in [2.24, 2.45) is 5.73 Å². The average Bonchev–Trinajstić information content (AvgIpc) is 2.30. The minimum Gasteiger partial charge on any atom is -0.320 e. The van der Waals surface area contributed by atoms with Crippen LogP contribution in [0.4, 0.5) is 0 Å². The molecule has 0 aliphatic heterocycles. The van der Waals surface area contributed by atoms with Crippen LogP contribution in [-0.2, 0) is 0 Å². The summed E-state index contributed by atoms with van der Waals surface area (Å²) in [5, 5.41) is 0. The van der Waals surface area contributed by atoms with Crippen LogP contribution in [0.5, 0.6) is 0 Å². The molecule has 1 atom stereocenters. The second-order valence-electron chi connectivity index (χ2n) is 3.94. The van der Waals surface area contributed by atoms with E-state index in [0.29, 0.717) is 0 Å². The van der Waals surface area contributed by atoms with Crippen LogP contribution in [0.2, 0.25) is 0 Å². The molecule has 3 heteroatoms. The monoisotopic (exact) mass is 213 g/mol. The Hall–Kier alpha value is -1.74. The molecule has 2 aromatic heterocycles. The molecule has 2 aromatic rings. The van der Waals surface area contributed by atoms with E-state index in [-0.39, 0.29) is 6.04 Å². The summed E-state index contributed by atoms with van der Waals surface area (Å²) in [5.74, 6) is 0. The minimum absolute atomic E-state index is 0.151. The molecule has 0 saturated carbocycles. The fourth-order valence-electron chi connectivity index (χ4n) is 1.64. The predicted octanol–water partition coefficient (Wildman–Crippen LogP) is 2.14. The normalized spacial score (nSPS) is 12.4. The molecule has 2 heterocycles. The molecule has 0 saturated heterocycles. The lowest BCUT2D eigenvalue weighted by Gasteiger charge is -2.14. The molecular formula is C13H15N3. The number of nitrogens with two attached hydrogens (primary N) is 1. The summed E-state index contributed by atoms with van der Waals surface area (Å²) in [7, 11) is 0. The highest BCUT2D eigenvalue weighted by molar-refractivity contribution is 5.33. The maximum absolute atomic E-state index is 6.19. The van der Waals surface area contributed by atoms with Gasteiger partial charge in [-0.15, -0.1) is 0 Å². The van der Waals surface area contributed by atoms with Crippen molar-refractivity contribution < 1.29 is 0 Å². The van der Waals surface area contributed by atoms with Crippen LogP contribution in [-0.4, -0.2) is 9.97 Å². The van der Waals surface area contributed by atoms with E-state index in [9.17, 15) is 0 Å². The largest absolute Gasteiger partial charge is 0.320 e. The van der Waals surface area contributed by atoms with Gasteiger partial charge >= 0.3 is 0 Å². The van der Waals surface area contributed by atoms with Gasteiger partial charge in [-0.2, -0.15) is 0 Å². The fourth-order valence-corrected chi connectivity index (χ4v) is 1.64. The quantitative estimate of drug-likeness (QED) is 0.831. The van der Waals surface area contributed by atoms with E-state index in [2.05, 4.69) is 9.97 Å². The molecule has 0 aliphatic carbocycles. The number of hydrogen-bond acceptors (Lipinski definition) is 3. The first kappa shape index (κ1) is 10.8. The molecule has 0 amide bonds. The zero-order valence-corrected chi connectivity index (χ0v) is 9.51. The van der Waals surface area contributed by atoms with Crippen LogP contribution >= 0.6 is 0 Å². The summed E-state index contributed by atoms with van der Waals surface area (Å²) in [6, 6.07) is 5.80. The van der Waals surface area contributed by atoms with Gasteiger partial charge in [0, 0.05) is 24.3 Å². The van der Waals surface area contributed by atoms with Crippen LogP contribution < -0.4 is 5.73 Å². The first-order valence-electron chi connectivity index (χ1n) is 5.27. The molecule has 0 aliphatic rings. The van der Waals surface area contributed by atoms with E-state index >= 15 is 0 Å². The Morgan fingerprint density at radius 3 is 2.56 bits per heavy atom. The van der Waals surface area contributed by atoms with Gasteiger partial charge in [0.15, 0.2) is 0 Å². The van der Waals surface area contributed by atoms with Gasteiger partial charge in [0.25, 0.3) is 0 Å². The molecule has 2 rings (SSSR count). The number of nitrogens with zero attached hydrogens (tertiary/aromatic N) is 2. The second kappa shape index (κ2) is 4.41. The summed E-state index contributed by atoms with van der Waals surface area (Å²) in [6.45, 7) is 4.00. The summed E-state index contributed by atoms with van der Waals surface area (Å²) in [5.41, 5.74) is 10.4. The van der Waals surface area contributed by atoms with Crippen molar-refractivity contribution in [3.8, 4) is 0 Å². The zero-order chi connectivity index (χ0) is 11.5. The predicted molar refractivity (Wildman–Crippen MR) is 64.0 cm³/mol. The summed E-state index contributed by atoms with van der Waals surface area (Å²) in [6.07, 6.45) is 5.42. The standard InChI is InChI=1S/C13H15N3/c1-9-5-6-15-8-12(9)13(14)11-4-3-10(2)16-7-11/h3-8,13H,14H2,1-2H3. The van der Waals surface area contributed by atoms with Gasteiger partial charge in [0.2, 0.25) is 0 Å². The zero-order valence-electron chi connectivity index (χ0n) is 9.51. The van der Waals surface area contributed by atoms with E-state index in [4.69, 9.17) is 5.73 Å². The fraction of sp³-hybridized carbons (Fsp3) is 0.231. The van der Waals surface area contributed by atoms with Crippen LogP contribution in [0.1, 0.15) is 28.4 Å². The van der Waals surface area contributed by atoms with Gasteiger partial charge in [-0.3, -0.25) is 9.97 Å². The van der Waals surface area contributed by atoms with Gasteiger partial charge in [0.1, 0.15) is 0 Å². The highest BCUT2D eigenvalue weighted by atomic mass is 14.7. The number of rotatable bonds is 2. The molecule has 2 N–H and O–H groups in total. The van der Waals surface area contributed by atoms with Crippen molar-refractivity contribution in [2.45, 2.75) is 19.9 Å². The Morgan fingerprint density at radius 2 is 1.94 bits per heavy atom. The smallest absolute Gasteiger partial charge is 0.0584 e. The van der Waals surface area contributed by atoms with Crippen molar-refractivity contribution in [2.75, 3.05) is 0 Å². The molecule has 3 nitrogen and oxygen atoms in total. The first-order valence-corrected chi connectivity index (χ1v) is 5.27. The maximum atomic E-state index is 6.19. The molecule has 0 fully saturated rings. The van der Waals surface area contributed by atoms with E-state index in [0.717, 1.165) is 22.4 Å². The third kappa shape index (κ3) is 2.09. The van der Waals surface area contributed by atoms with E-state index in [1.165, 1.54) is 0 Å². The highest BCUT2D eigenvalue weighted by Gasteiger charge is 2.11. The van der Waals surface area contributed by atoms with Crippen molar-refractivity contribution in [3.05, 3.63) is 59.2 Å². The van der Waals surface area contributed by atoms with Gasteiger partial charge < -0.3 is 5.73 Å². The van der Waals surface area contributed by atoms with E-state index < -0.39 is 0 Å². The van der Waals surface area contributed by atoms with Gasteiger partial charge in [-0.25, -0.2) is 0 Å².